The lowest BCUT2D eigenvalue weighted by Gasteiger charge is -2.36. The fourth-order valence-electron chi connectivity index (χ4n) is 1.18. The van der Waals surface area contributed by atoms with Gasteiger partial charge < -0.3 is 4.43 Å². The first-order valence-corrected chi connectivity index (χ1v) is 9.25. The molecule has 2 heteroatoms. The van der Waals surface area contributed by atoms with E-state index in [1.807, 2.05) is 0 Å². The highest BCUT2D eigenvalue weighted by atomic mass is 28.4. The lowest BCUT2D eigenvalue weighted by atomic mass is 10.0. The van der Waals surface area contributed by atoms with E-state index in [0.29, 0.717) is 5.04 Å². The molecular formula is C13H30OSi. The topological polar surface area (TPSA) is 9.23 Å². The molecule has 0 aliphatic heterocycles. The average molecular weight is 230 g/mol. The normalized spacial score (nSPS) is 15.4. The monoisotopic (exact) mass is 230 g/mol. The average Bonchev–Trinajstić information content (AvgIpc) is 2.10. The van der Waals surface area contributed by atoms with Gasteiger partial charge >= 0.3 is 0 Å². The summed E-state index contributed by atoms with van der Waals surface area (Å²) in [4.78, 5) is 0. The third-order valence-corrected chi connectivity index (χ3v) is 8.35. The summed E-state index contributed by atoms with van der Waals surface area (Å²) < 4.78 is 6.13. The standard InChI is InChI=1S/C13H30OSi/c1-8-12(2)10-9-11-14-15(6,7)13(3,4)5/h12H,8-11H2,1-7H3/t12-/m1/s1. The molecule has 1 nitrogen and oxygen atoms in total. The molecule has 0 heterocycles. The van der Waals surface area contributed by atoms with Crippen LogP contribution in [0.5, 0.6) is 0 Å². The Morgan fingerprint density at radius 3 is 2.13 bits per heavy atom. The molecule has 15 heavy (non-hydrogen) atoms. The summed E-state index contributed by atoms with van der Waals surface area (Å²) in [6.07, 6.45) is 3.83. The predicted molar refractivity (Wildman–Crippen MR) is 71.8 cm³/mol. The maximum atomic E-state index is 6.13. The summed E-state index contributed by atoms with van der Waals surface area (Å²) in [6, 6.07) is 0. The van der Waals surface area contributed by atoms with Crippen LogP contribution in [0.3, 0.4) is 0 Å². The van der Waals surface area contributed by atoms with E-state index in [-0.39, 0.29) is 0 Å². The van der Waals surface area contributed by atoms with E-state index in [0.717, 1.165) is 12.5 Å². The van der Waals surface area contributed by atoms with Crippen molar-refractivity contribution >= 4 is 8.32 Å². The van der Waals surface area contributed by atoms with Crippen LogP contribution in [0.15, 0.2) is 0 Å². The summed E-state index contributed by atoms with van der Waals surface area (Å²) in [5.74, 6) is 0.855. The van der Waals surface area contributed by atoms with E-state index in [1.54, 1.807) is 0 Å². The van der Waals surface area contributed by atoms with Crippen LogP contribution in [0.4, 0.5) is 0 Å². The van der Waals surface area contributed by atoms with Crippen molar-refractivity contribution in [2.24, 2.45) is 5.92 Å². The van der Waals surface area contributed by atoms with Crippen molar-refractivity contribution in [3.8, 4) is 0 Å². The number of rotatable bonds is 6. The summed E-state index contributed by atoms with van der Waals surface area (Å²) in [5, 5.41) is 0.351. The highest BCUT2D eigenvalue weighted by Crippen LogP contribution is 2.36. The van der Waals surface area contributed by atoms with E-state index in [2.05, 4.69) is 47.7 Å². The van der Waals surface area contributed by atoms with Gasteiger partial charge in [-0.15, -0.1) is 0 Å². The Morgan fingerprint density at radius 1 is 1.20 bits per heavy atom. The van der Waals surface area contributed by atoms with E-state index >= 15 is 0 Å². The Hall–Kier alpha value is 0.177. The van der Waals surface area contributed by atoms with Gasteiger partial charge in [0.05, 0.1) is 0 Å². The van der Waals surface area contributed by atoms with Crippen LogP contribution >= 0.6 is 0 Å². The molecule has 0 saturated heterocycles. The molecule has 1 atom stereocenters. The molecule has 0 aromatic heterocycles. The van der Waals surface area contributed by atoms with E-state index in [1.165, 1.54) is 19.3 Å². The van der Waals surface area contributed by atoms with E-state index < -0.39 is 8.32 Å². The molecule has 0 N–H and O–H groups in total. The van der Waals surface area contributed by atoms with Gasteiger partial charge in [-0.3, -0.25) is 0 Å². The molecule has 0 amide bonds. The maximum Gasteiger partial charge on any atom is 0.191 e. The summed E-state index contributed by atoms with van der Waals surface area (Å²) in [6.45, 7) is 17.1. The second-order valence-electron chi connectivity index (χ2n) is 6.26. The molecule has 0 rings (SSSR count). The second kappa shape index (κ2) is 6.05. The number of hydrogen-bond donors (Lipinski definition) is 0. The fraction of sp³-hybridized carbons (Fsp3) is 1.00. The van der Waals surface area contributed by atoms with Gasteiger partial charge in [-0.2, -0.15) is 0 Å². The van der Waals surface area contributed by atoms with Crippen molar-refractivity contribution in [1.29, 1.82) is 0 Å². The molecule has 0 radical (unpaired) electrons. The van der Waals surface area contributed by atoms with Crippen LogP contribution in [-0.4, -0.2) is 14.9 Å². The van der Waals surface area contributed by atoms with Crippen LogP contribution in [0.2, 0.25) is 18.1 Å². The first-order valence-electron chi connectivity index (χ1n) is 6.34. The summed E-state index contributed by atoms with van der Waals surface area (Å²) in [5.41, 5.74) is 0. The van der Waals surface area contributed by atoms with Crippen molar-refractivity contribution < 1.29 is 4.43 Å². The zero-order chi connectivity index (χ0) is 12.1. The Morgan fingerprint density at radius 2 is 1.73 bits per heavy atom. The minimum absolute atomic E-state index is 0.351. The van der Waals surface area contributed by atoms with Gasteiger partial charge in [0.2, 0.25) is 0 Å². The molecule has 0 fully saturated rings. The zero-order valence-corrected chi connectivity index (χ0v) is 12.8. The smallest absolute Gasteiger partial charge is 0.191 e. The quantitative estimate of drug-likeness (QED) is 0.469. The van der Waals surface area contributed by atoms with Crippen molar-refractivity contribution in [2.75, 3.05) is 6.61 Å². The molecule has 0 aliphatic rings. The van der Waals surface area contributed by atoms with Gasteiger partial charge in [-0.1, -0.05) is 41.0 Å². The van der Waals surface area contributed by atoms with Crippen LogP contribution in [-0.2, 0) is 4.43 Å². The molecule has 0 saturated carbocycles. The number of hydrogen-bond acceptors (Lipinski definition) is 1. The van der Waals surface area contributed by atoms with Gasteiger partial charge in [0.25, 0.3) is 0 Å². The van der Waals surface area contributed by atoms with Crippen molar-refractivity contribution in [3.05, 3.63) is 0 Å². The predicted octanol–water partition coefficient (Wildman–Crippen LogP) is 4.83. The SMILES string of the molecule is CC[C@@H](C)CCCO[Si](C)(C)C(C)(C)C. The molecule has 0 aromatic rings. The van der Waals surface area contributed by atoms with Crippen LogP contribution in [0.25, 0.3) is 0 Å². The Bertz CT molecular complexity index is 170. The van der Waals surface area contributed by atoms with E-state index in [9.17, 15) is 0 Å². The van der Waals surface area contributed by atoms with Crippen molar-refractivity contribution in [1.82, 2.24) is 0 Å². The minimum atomic E-state index is -1.49. The van der Waals surface area contributed by atoms with Crippen LogP contribution in [0, 0.1) is 5.92 Å². The lowest BCUT2D eigenvalue weighted by Crippen LogP contribution is -2.41. The Kier molecular flexibility index (Phi) is 6.12. The van der Waals surface area contributed by atoms with Crippen molar-refractivity contribution in [3.63, 3.8) is 0 Å². The highest BCUT2D eigenvalue weighted by molar-refractivity contribution is 6.74. The van der Waals surface area contributed by atoms with Gasteiger partial charge in [-0.05, 0) is 36.9 Å². The fourth-order valence-corrected chi connectivity index (χ4v) is 2.27. The first kappa shape index (κ1) is 15.2. The largest absolute Gasteiger partial charge is 0.417 e. The Balaban J connectivity index is 3.77. The molecule has 0 bridgehead atoms. The molecular weight excluding hydrogens is 200 g/mol. The van der Waals surface area contributed by atoms with Gasteiger partial charge in [-0.25, -0.2) is 0 Å². The third kappa shape index (κ3) is 5.72. The second-order valence-corrected chi connectivity index (χ2v) is 11.1. The molecule has 0 spiro atoms. The molecule has 0 aliphatic carbocycles. The van der Waals surface area contributed by atoms with Gasteiger partial charge in [0, 0.05) is 6.61 Å². The molecule has 0 unspecified atom stereocenters. The first-order chi connectivity index (χ1) is 6.70. The molecule has 0 aromatic carbocycles. The van der Waals surface area contributed by atoms with Crippen molar-refractivity contribution in [2.45, 2.75) is 72.0 Å². The Labute approximate surface area is 97.7 Å². The summed E-state index contributed by atoms with van der Waals surface area (Å²) in [7, 11) is -1.49. The van der Waals surface area contributed by atoms with Gasteiger partial charge in [0.15, 0.2) is 8.32 Å². The summed E-state index contributed by atoms with van der Waals surface area (Å²) >= 11 is 0. The van der Waals surface area contributed by atoms with Crippen LogP contribution in [0.1, 0.15) is 53.9 Å². The highest BCUT2D eigenvalue weighted by Gasteiger charge is 2.36. The van der Waals surface area contributed by atoms with Crippen LogP contribution < -0.4 is 0 Å². The minimum Gasteiger partial charge on any atom is -0.417 e. The van der Waals surface area contributed by atoms with E-state index in [4.69, 9.17) is 4.43 Å². The lowest BCUT2D eigenvalue weighted by molar-refractivity contribution is 0.269. The zero-order valence-electron chi connectivity index (χ0n) is 11.8. The maximum absolute atomic E-state index is 6.13. The molecule has 92 valence electrons. The third-order valence-electron chi connectivity index (χ3n) is 3.81. The van der Waals surface area contributed by atoms with Gasteiger partial charge in [0.1, 0.15) is 0 Å².